The van der Waals surface area contributed by atoms with Gasteiger partial charge in [-0.2, -0.15) is 9.40 Å². The molecule has 0 aliphatic heterocycles. The highest BCUT2D eigenvalue weighted by Crippen LogP contribution is 2.25. The number of aryl methyl sites for hydroxylation is 3. The third-order valence-corrected chi connectivity index (χ3v) is 6.51. The Bertz CT molecular complexity index is 1020. The molecule has 8 heteroatoms. The van der Waals surface area contributed by atoms with Crippen LogP contribution < -0.4 is 0 Å². The molecule has 0 spiro atoms. The Morgan fingerprint density at radius 3 is 2.31 bits per heavy atom. The molecule has 2 heterocycles. The van der Waals surface area contributed by atoms with E-state index in [0.717, 1.165) is 22.6 Å². The van der Waals surface area contributed by atoms with Crippen LogP contribution in [0.15, 0.2) is 39.8 Å². The first-order valence-corrected chi connectivity index (χ1v) is 9.67. The summed E-state index contributed by atoms with van der Waals surface area (Å²) in [5.74, 6) is 0.294. The largest absolute Gasteiger partial charge is 0.360 e. The van der Waals surface area contributed by atoms with Gasteiger partial charge in [-0.1, -0.05) is 23.4 Å². The zero-order chi connectivity index (χ0) is 19.1. The fourth-order valence-corrected chi connectivity index (χ4v) is 4.45. The zero-order valence-electron chi connectivity index (χ0n) is 15.5. The molecular formula is C18H22N4O3S. The molecule has 1 aromatic carbocycles. The fourth-order valence-electron chi connectivity index (χ4n) is 3.03. The van der Waals surface area contributed by atoms with Crippen LogP contribution in [0.1, 0.15) is 28.4 Å². The van der Waals surface area contributed by atoms with Crippen molar-refractivity contribution in [3.63, 3.8) is 0 Å². The van der Waals surface area contributed by atoms with Gasteiger partial charge in [-0.15, -0.1) is 0 Å². The van der Waals surface area contributed by atoms with Crippen LogP contribution in [0.2, 0.25) is 0 Å². The van der Waals surface area contributed by atoms with Crippen LogP contribution in [0, 0.1) is 27.7 Å². The first-order valence-electron chi connectivity index (χ1n) is 8.23. The van der Waals surface area contributed by atoms with Crippen LogP contribution in [0.25, 0.3) is 5.69 Å². The van der Waals surface area contributed by atoms with Crippen molar-refractivity contribution in [1.29, 1.82) is 0 Å². The van der Waals surface area contributed by atoms with Crippen molar-refractivity contribution in [1.82, 2.24) is 19.2 Å². The highest BCUT2D eigenvalue weighted by atomic mass is 32.2. The molecule has 0 aliphatic rings. The van der Waals surface area contributed by atoms with Crippen LogP contribution in [-0.4, -0.2) is 34.7 Å². The number of nitrogens with zero attached hydrogens (tertiary/aromatic N) is 4. The second kappa shape index (κ2) is 6.69. The predicted molar refractivity (Wildman–Crippen MR) is 97.7 cm³/mol. The fraction of sp³-hybridized carbons (Fsp3) is 0.333. The average molecular weight is 374 g/mol. The summed E-state index contributed by atoms with van der Waals surface area (Å²) in [4.78, 5) is 0.130. The zero-order valence-corrected chi connectivity index (χ0v) is 16.3. The van der Waals surface area contributed by atoms with E-state index in [1.165, 1.54) is 4.31 Å². The molecule has 0 aliphatic carbocycles. The molecule has 3 rings (SSSR count). The SMILES string of the molecule is Cc1nn(-c2ccccc2)c(C)c1CN(C)S(=O)(=O)c1c(C)noc1C. The van der Waals surface area contributed by atoms with Crippen LogP contribution in [0.3, 0.4) is 0 Å². The topological polar surface area (TPSA) is 81.2 Å². The van der Waals surface area contributed by atoms with E-state index in [1.54, 1.807) is 20.9 Å². The number of para-hydroxylation sites is 1. The van der Waals surface area contributed by atoms with Crippen LogP contribution in [-0.2, 0) is 16.6 Å². The van der Waals surface area contributed by atoms with Gasteiger partial charge in [0.25, 0.3) is 0 Å². The molecule has 138 valence electrons. The second-order valence-corrected chi connectivity index (χ2v) is 8.29. The Balaban J connectivity index is 1.96. The van der Waals surface area contributed by atoms with Gasteiger partial charge in [0.15, 0.2) is 5.76 Å². The van der Waals surface area contributed by atoms with E-state index in [2.05, 4.69) is 10.3 Å². The van der Waals surface area contributed by atoms with E-state index in [9.17, 15) is 8.42 Å². The van der Waals surface area contributed by atoms with Crippen molar-refractivity contribution in [2.45, 2.75) is 39.1 Å². The van der Waals surface area contributed by atoms with Gasteiger partial charge < -0.3 is 4.52 Å². The van der Waals surface area contributed by atoms with Gasteiger partial charge >= 0.3 is 0 Å². The second-order valence-electron chi connectivity index (χ2n) is 6.31. The van der Waals surface area contributed by atoms with E-state index in [0.29, 0.717) is 11.5 Å². The standard InChI is InChI=1S/C18H22N4O3S/c1-12-17(14(3)22(19-12)16-9-7-6-8-10-16)11-21(5)26(23,24)18-13(2)20-25-15(18)4/h6-10H,11H2,1-5H3. The van der Waals surface area contributed by atoms with E-state index < -0.39 is 10.0 Å². The van der Waals surface area contributed by atoms with Crippen molar-refractivity contribution in [3.05, 3.63) is 58.7 Å². The maximum atomic E-state index is 12.9. The molecule has 0 amide bonds. The van der Waals surface area contributed by atoms with Gasteiger partial charge in [0, 0.05) is 24.8 Å². The monoisotopic (exact) mass is 374 g/mol. The lowest BCUT2D eigenvalue weighted by molar-refractivity contribution is 0.389. The van der Waals surface area contributed by atoms with Crippen LogP contribution in [0.4, 0.5) is 0 Å². The van der Waals surface area contributed by atoms with Gasteiger partial charge in [0.05, 0.1) is 11.4 Å². The summed E-state index contributed by atoms with van der Waals surface area (Å²) in [6, 6.07) is 9.76. The molecule has 0 N–H and O–H groups in total. The Hall–Kier alpha value is -2.45. The molecule has 3 aromatic rings. The van der Waals surface area contributed by atoms with E-state index >= 15 is 0 Å². The van der Waals surface area contributed by atoms with E-state index in [-0.39, 0.29) is 11.4 Å². The lowest BCUT2D eigenvalue weighted by Crippen LogP contribution is -2.27. The lowest BCUT2D eigenvalue weighted by Gasteiger charge is -2.17. The normalized spacial score (nSPS) is 12.1. The van der Waals surface area contributed by atoms with Crippen molar-refractivity contribution in [2.75, 3.05) is 7.05 Å². The van der Waals surface area contributed by atoms with Gasteiger partial charge in [0.1, 0.15) is 10.6 Å². The minimum atomic E-state index is -3.70. The van der Waals surface area contributed by atoms with Gasteiger partial charge in [-0.25, -0.2) is 13.1 Å². The minimum Gasteiger partial charge on any atom is -0.360 e. The van der Waals surface area contributed by atoms with Gasteiger partial charge in [-0.05, 0) is 39.8 Å². The smallest absolute Gasteiger partial charge is 0.248 e. The average Bonchev–Trinajstić information content (AvgIpc) is 3.09. The molecule has 0 bridgehead atoms. The maximum Gasteiger partial charge on any atom is 0.248 e. The molecule has 0 saturated heterocycles. The van der Waals surface area contributed by atoms with Gasteiger partial charge in [-0.3, -0.25) is 0 Å². The Morgan fingerprint density at radius 1 is 1.08 bits per heavy atom. The summed E-state index contributed by atoms with van der Waals surface area (Å²) in [5.41, 5.74) is 3.90. The summed E-state index contributed by atoms with van der Waals surface area (Å²) >= 11 is 0. The van der Waals surface area contributed by atoms with Gasteiger partial charge in [0.2, 0.25) is 10.0 Å². The molecule has 0 atom stereocenters. The Labute approximate surface area is 153 Å². The molecule has 0 saturated carbocycles. The quantitative estimate of drug-likeness (QED) is 0.686. The van der Waals surface area contributed by atoms with E-state index in [4.69, 9.17) is 4.52 Å². The maximum absolute atomic E-state index is 12.9. The number of hydrogen-bond donors (Lipinski definition) is 0. The molecule has 7 nitrogen and oxygen atoms in total. The third-order valence-electron chi connectivity index (χ3n) is 4.46. The highest BCUT2D eigenvalue weighted by Gasteiger charge is 2.29. The third kappa shape index (κ3) is 3.06. The van der Waals surface area contributed by atoms with Crippen LogP contribution in [0.5, 0.6) is 0 Å². The lowest BCUT2D eigenvalue weighted by atomic mass is 10.2. The number of rotatable bonds is 5. The molecule has 0 radical (unpaired) electrons. The molecule has 0 fully saturated rings. The summed E-state index contributed by atoms with van der Waals surface area (Å²) in [6.45, 7) is 7.28. The number of hydrogen-bond acceptors (Lipinski definition) is 5. The van der Waals surface area contributed by atoms with Crippen LogP contribution >= 0.6 is 0 Å². The number of sulfonamides is 1. The Kier molecular flexibility index (Phi) is 4.72. The predicted octanol–water partition coefficient (Wildman–Crippen LogP) is 2.91. The molecule has 26 heavy (non-hydrogen) atoms. The van der Waals surface area contributed by atoms with Crippen molar-refractivity contribution < 1.29 is 12.9 Å². The first kappa shape index (κ1) is 18.3. The highest BCUT2D eigenvalue weighted by molar-refractivity contribution is 7.89. The molecular weight excluding hydrogens is 352 g/mol. The number of benzene rings is 1. The minimum absolute atomic E-state index is 0.130. The molecule has 0 unspecified atom stereocenters. The first-order chi connectivity index (χ1) is 12.2. The summed E-state index contributed by atoms with van der Waals surface area (Å²) in [5, 5.41) is 8.33. The summed E-state index contributed by atoms with van der Waals surface area (Å²) in [7, 11) is -2.15. The molecule has 2 aromatic heterocycles. The summed E-state index contributed by atoms with van der Waals surface area (Å²) < 4.78 is 34.0. The Morgan fingerprint density at radius 2 is 1.73 bits per heavy atom. The van der Waals surface area contributed by atoms with E-state index in [1.807, 2.05) is 48.9 Å². The number of aromatic nitrogens is 3. The van der Waals surface area contributed by atoms with Crippen molar-refractivity contribution in [3.8, 4) is 5.69 Å². The van der Waals surface area contributed by atoms with Crippen molar-refractivity contribution >= 4 is 10.0 Å². The van der Waals surface area contributed by atoms with Crippen molar-refractivity contribution in [2.24, 2.45) is 0 Å². The summed E-state index contributed by atoms with van der Waals surface area (Å²) in [6.07, 6.45) is 0.